The first-order valence-corrected chi connectivity index (χ1v) is 9.77. The third-order valence-corrected chi connectivity index (χ3v) is 5.89. The molecule has 8 heteroatoms. The summed E-state index contributed by atoms with van der Waals surface area (Å²) in [7, 11) is -3.85. The molecule has 0 unspecified atom stereocenters. The van der Waals surface area contributed by atoms with Crippen LogP contribution in [0.1, 0.15) is 18.4 Å². The molecule has 0 saturated carbocycles. The van der Waals surface area contributed by atoms with Crippen LogP contribution in [0, 0.1) is 0 Å². The molecular weight excluding hydrogens is 354 g/mol. The van der Waals surface area contributed by atoms with Crippen molar-refractivity contribution < 1.29 is 18.0 Å². The number of amides is 2. The normalized spacial score (nSPS) is 16.5. The van der Waals surface area contributed by atoms with Crippen molar-refractivity contribution >= 4 is 38.9 Å². The Kier molecular flexibility index (Phi) is 3.91. The van der Waals surface area contributed by atoms with E-state index in [9.17, 15) is 18.0 Å². The summed E-state index contributed by atoms with van der Waals surface area (Å²) in [6.07, 6.45) is 1.39. The molecule has 0 bridgehead atoms. The number of fused-ring (bicyclic) bond motifs is 1. The fourth-order valence-corrected chi connectivity index (χ4v) is 4.40. The lowest BCUT2D eigenvalue weighted by atomic mass is 10.2. The second-order valence-corrected chi connectivity index (χ2v) is 8.00. The minimum absolute atomic E-state index is 0.0150. The molecule has 7 nitrogen and oxygen atoms in total. The SMILES string of the molecule is O=C1Cc2cc(S(=O)(=O)Nc3ccccc3N3CCCC3=O)ccc2N1. The highest BCUT2D eigenvalue weighted by Gasteiger charge is 2.26. The van der Waals surface area contributed by atoms with E-state index in [0.717, 1.165) is 6.42 Å². The predicted molar refractivity (Wildman–Crippen MR) is 97.6 cm³/mol. The number of hydrogen-bond acceptors (Lipinski definition) is 4. The van der Waals surface area contributed by atoms with E-state index in [1.54, 1.807) is 35.2 Å². The van der Waals surface area contributed by atoms with Crippen molar-refractivity contribution in [1.29, 1.82) is 0 Å². The quantitative estimate of drug-likeness (QED) is 0.860. The molecule has 2 N–H and O–H groups in total. The molecule has 2 heterocycles. The van der Waals surface area contributed by atoms with Crippen LogP contribution in [0.3, 0.4) is 0 Å². The zero-order valence-electron chi connectivity index (χ0n) is 13.9. The van der Waals surface area contributed by atoms with E-state index >= 15 is 0 Å². The number of benzene rings is 2. The Hall–Kier alpha value is -2.87. The molecule has 26 heavy (non-hydrogen) atoms. The summed E-state index contributed by atoms with van der Waals surface area (Å²) in [5.74, 6) is -0.167. The van der Waals surface area contributed by atoms with Crippen LogP contribution in [0.2, 0.25) is 0 Å². The molecule has 0 aliphatic carbocycles. The van der Waals surface area contributed by atoms with Gasteiger partial charge >= 0.3 is 0 Å². The average Bonchev–Trinajstić information content (AvgIpc) is 3.18. The van der Waals surface area contributed by atoms with Gasteiger partial charge in [0, 0.05) is 18.7 Å². The number of para-hydroxylation sites is 2. The topological polar surface area (TPSA) is 95.6 Å². The number of hydrogen-bond donors (Lipinski definition) is 2. The van der Waals surface area contributed by atoms with Gasteiger partial charge in [-0.25, -0.2) is 8.42 Å². The van der Waals surface area contributed by atoms with Gasteiger partial charge in [-0.2, -0.15) is 0 Å². The maximum absolute atomic E-state index is 12.8. The van der Waals surface area contributed by atoms with Crippen LogP contribution in [-0.4, -0.2) is 26.8 Å². The first-order chi connectivity index (χ1) is 12.4. The minimum Gasteiger partial charge on any atom is -0.326 e. The monoisotopic (exact) mass is 371 g/mol. The Morgan fingerprint density at radius 1 is 1.08 bits per heavy atom. The second kappa shape index (κ2) is 6.14. The molecule has 134 valence electrons. The summed E-state index contributed by atoms with van der Waals surface area (Å²) in [6, 6.07) is 11.4. The molecule has 4 rings (SSSR count). The van der Waals surface area contributed by atoms with Crippen molar-refractivity contribution in [2.75, 3.05) is 21.5 Å². The molecule has 0 radical (unpaired) electrons. The van der Waals surface area contributed by atoms with Crippen LogP contribution in [0.15, 0.2) is 47.4 Å². The van der Waals surface area contributed by atoms with Crippen molar-refractivity contribution in [2.24, 2.45) is 0 Å². The predicted octanol–water partition coefficient (Wildman–Crippen LogP) is 2.11. The summed E-state index contributed by atoms with van der Waals surface area (Å²) in [5.41, 5.74) is 2.20. The van der Waals surface area contributed by atoms with E-state index in [4.69, 9.17) is 0 Å². The highest BCUT2D eigenvalue weighted by Crippen LogP contribution is 2.32. The van der Waals surface area contributed by atoms with E-state index in [-0.39, 0.29) is 23.1 Å². The molecule has 2 aliphatic rings. The van der Waals surface area contributed by atoms with Crippen molar-refractivity contribution in [3.8, 4) is 0 Å². The molecular formula is C18H17N3O4S. The van der Waals surface area contributed by atoms with Crippen LogP contribution in [0.25, 0.3) is 0 Å². The lowest BCUT2D eigenvalue weighted by molar-refractivity contribution is -0.117. The summed E-state index contributed by atoms with van der Waals surface area (Å²) in [4.78, 5) is 25.2. The third-order valence-electron chi connectivity index (χ3n) is 4.52. The lowest BCUT2D eigenvalue weighted by Crippen LogP contribution is -2.25. The molecule has 2 aromatic rings. The molecule has 1 fully saturated rings. The first-order valence-electron chi connectivity index (χ1n) is 8.29. The zero-order valence-corrected chi connectivity index (χ0v) is 14.7. The maximum Gasteiger partial charge on any atom is 0.261 e. The molecule has 2 aromatic carbocycles. The molecule has 2 aliphatic heterocycles. The van der Waals surface area contributed by atoms with Crippen molar-refractivity contribution in [3.63, 3.8) is 0 Å². The smallest absolute Gasteiger partial charge is 0.261 e. The Bertz CT molecular complexity index is 1020. The second-order valence-electron chi connectivity index (χ2n) is 6.32. The fraction of sp³-hybridized carbons (Fsp3) is 0.222. The van der Waals surface area contributed by atoms with Gasteiger partial charge in [0.15, 0.2) is 0 Å². The number of rotatable bonds is 4. The highest BCUT2D eigenvalue weighted by molar-refractivity contribution is 7.92. The van der Waals surface area contributed by atoms with Crippen molar-refractivity contribution in [1.82, 2.24) is 0 Å². The van der Waals surface area contributed by atoms with Gasteiger partial charge in [0.1, 0.15) is 0 Å². The number of sulfonamides is 1. The third kappa shape index (κ3) is 2.92. The van der Waals surface area contributed by atoms with Gasteiger partial charge in [0.05, 0.1) is 22.7 Å². The number of nitrogens with one attached hydrogen (secondary N) is 2. The van der Waals surface area contributed by atoms with Crippen molar-refractivity contribution in [3.05, 3.63) is 48.0 Å². The minimum atomic E-state index is -3.85. The van der Waals surface area contributed by atoms with Crippen molar-refractivity contribution in [2.45, 2.75) is 24.2 Å². The molecule has 0 atom stereocenters. The first kappa shape index (κ1) is 16.6. The van der Waals surface area contributed by atoms with Gasteiger partial charge in [0.2, 0.25) is 11.8 Å². The zero-order chi connectivity index (χ0) is 18.3. The van der Waals surface area contributed by atoms with Crippen LogP contribution in [-0.2, 0) is 26.0 Å². The van der Waals surface area contributed by atoms with E-state index in [1.807, 2.05) is 0 Å². The Balaban J connectivity index is 1.66. The molecule has 0 aromatic heterocycles. The van der Waals surface area contributed by atoms with Gasteiger partial charge in [-0.15, -0.1) is 0 Å². The van der Waals surface area contributed by atoms with Crippen LogP contribution in [0.5, 0.6) is 0 Å². The van der Waals surface area contributed by atoms with Crippen LogP contribution in [0.4, 0.5) is 17.1 Å². The molecule has 1 saturated heterocycles. The Morgan fingerprint density at radius 2 is 1.88 bits per heavy atom. The number of anilines is 3. The van der Waals surface area contributed by atoms with E-state index in [2.05, 4.69) is 10.0 Å². The standard InChI is InChI=1S/C18H17N3O4S/c22-17-11-12-10-13(7-8-14(12)19-17)26(24,25)20-15-4-1-2-5-16(15)21-9-3-6-18(21)23/h1-2,4-5,7-8,10,20H,3,6,9,11H2,(H,19,22). The van der Waals surface area contributed by atoms with Gasteiger partial charge < -0.3 is 10.2 Å². The maximum atomic E-state index is 12.8. The van der Waals surface area contributed by atoms with E-state index in [0.29, 0.717) is 35.6 Å². The van der Waals surface area contributed by atoms with Gasteiger partial charge in [-0.1, -0.05) is 12.1 Å². The van der Waals surface area contributed by atoms with E-state index in [1.165, 1.54) is 12.1 Å². The Morgan fingerprint density at radius 3 is 2.65 bits per heavy atom. The van der Waals surface area contributed by atoms with Crippen LogP contribution < -0.4 is 14.9 Å². The molecule has 0 spiro atoms. The average molecular weight is 371 g/mol. The number of nitrogens with zero attached hydrogens (tertiary/aromatic N) is 1. The molecule has 2 amide bonds. The number of carbonyl (C=O) groups is 2. The highest BCUT2D eigenvalue weighted by atomic mass is 32.2. The summed E-state index contributed by atoms with van der Waals surface area (Å²) >= 11 is 0. The summed E-state index contributed by atoms with van der Waals surface area (Å²) < 4.78 is 28.2. The number of carbonyl (C=O) groups excluding carboxylic acids is 2. The van der Waals surface area contributed by atoms with Gasteiger partial charge in [-0.3, -0.25) is 14.3 Å². The Labute approximate surface area is 151 Å². The van der Waals surface area contributed by atoms with Gasteiger partial charge in [-0.05, 0) is 42.3 Å². The van der Waals surface area contributed by atoms with Gasteiger partial charge in [0.25, 0.3) is 10.0 Å². The summed E-state index contributed by atoms with van der Waals surface area (Å²) in [5, 5.41) is 2.68. The van der Waals surface area contributed by atoms with Crippen LogP contribution >= 0.6 is 0 Å². The fourth-order valence-electron chi connectivity index (χ4n) is 3.27. The van der Waals surface area contributed by atoms with E-state index < -0.39 is 10.0 Å². The lowest BCUT2D eigenvalue weighted by Gasteiger charge is -2.20. The summed E-state index contributed by atoms with van der Waals surface area (Å²) in [6.45, 7) is 0.574. The largest absolute Gasteiger partial charge is 0.326 e.